The molecule has 9 heteroatoms. The van der Waals surface area contributed by atoms with Crippen LogP contribution in [0.15, 0.2) is 35.5 Å². The van der Waals surface area contributed by atoms with Crippen LogP contribution < -0.4 is 15.4 Å². The molecule has 0 unspecified atom stereocenters. The van der Waals surface area contributed by atoms with Crippen LogP contribution in [0.3, 0.4) is 0 Å². The second-order valence-electron chi connectivity index (χ2n) is 7.09. The summed E-state index contributed by atoms with van der Waals surface area (Å²) in [4.78, 5) is 10.8. The number of primary sulfonamides is 1. The van der Waals surface area contributed by atoms with Gasteiger partial charge in [0.15, 0.2) is 0 Å². The molecule has 8 nitrogen and oxygen atoms in total. The third-order valence-electron chi connectivity index (χ3n) is 4.83. The molecule has 0 saturated carbocycles. The molecule has 0 bridgehead atoms. The zero-order chi connectivity index (χ0) is 19.6. The van der Waals surface area contributed by atoms with Gasteiger partial charge in [-0.3, -0.25) is 0 Å². The molecule has 3 rings (SSSR count). The lowest BCUT2D eigenvalue weighted by molar-refractivity contribution is 0.249. The molecular formula is C18H25N5O3S. The summed E-state index contributed by atoms with van der Waals surface area (Å²) >= 11 is 0. The Labute approximate surface area is 159 Å². The number of nitrogens with zero attached hydrogens (tertiary/aromatic N) is 3. The van der Waals surface area contributed by atoms with Crippen LogP contribution in [0.1, 0.15) is 25.0 Å². The SMILES string of the molecule is CC(C)[C@H](CO)Nc1cc(N2CCc3ccc(S(N)(=O)=O)cc3C2)ncn1. The first kappa shape index (κ1) is 19.5. The van der Waals surface area contributed by atoms with E-state index in [0.717, 1.165) is 29.9 Å². The Morgan fingerprint density at radius 1 is 1.26 bits per heavy atom. The van der Waals surface area contributed by atoms with Crippen molar-refractivity contribution >= 4 is 21.7 Å². The predicted molar refractivity (Wildman–Crippen MR) is 104 cm³/mol. The minimum absolute atomic E-state index is 0.0183. The van der Waals surface area contributed by atoms with Gasteiger partial charge < -0.3 is 15.3 Å². The lowest BCUT2D eigenvalue weighted by Gasteiger charge is -2.30. The van der Waals surface area contributed by atoms with Crippen LogP contribution in [0.2, 0.25) is 0 Å². The predicted octanol–water partition coefficient (Wildman–Crippen LogP) is 1.12. The molecule has 0 amide bonds. The highest BCUT2D eigenvalue weighted by Crippen LogP contribution is 2.26. The summed E-state index contributed by atoms with van der Waals surface area (Å²) < 4.78 is 23.2. The molecule has 2 heterocycles. The first-order chi connectivity index (χ1) is 12.8. The Balaban J connectivity index is 1.82. The number of anilines is 2. The van der Waals surface area contributed by atoms with E-state index in [1.165, 1.54) is 6.33 Å². The minimum atomic E-state index is -3.73. The first-order valence-electron chi connectivity index (χ1n) is 8.87. The van der Waals surface area contributed by atoms with Gasteiger partial charge in [-0.15, -0.1) is 0 Å². The summed E-state index contributed by atoms with van der Waals surface area (Å²) in [5.74, 6) is 1.66. The van der Waals surface area contributed by atoms with E-state index < -0.39 is 10.0 Å². The van der Waals surface area contributed by atoms with E-state index in [9.17, 15) is 13.5 Å². The second-order valence-corrected chi connectivity index (χ2v) is 8.65. The zero-order valence-corrected chi connectivity index (χ0v) is 16.3. The van der Waals surface area contributed by atoms with E-state index in [4.69, 9.17) is 5.14 Å². The minimum Gasteiger partial charge on any atom is -0.394 e. The summed E-state index contributed by atoms with van der Waals surface area (Å²) in [5.41, 5.74) is 2.04. The molecule has 2 aromatic rings. The summed E-state index contributed by atoms with van der Waals surface area (Å²) in [7, 11) is -3.73. The lowest BCUT2D eigenvalue weighted by atomic mass is 10.00. The lowest BCUT2D eigenvalue weighted by Crippen LogP contribution is -2.32. The molecule has 0 fully saturated rings. The Bertz CT molecular complexity index is 917. The van der Waals surface area contributed by atoms with Gasteiger partial charge in [0.1, 0.15) is 18.0 Å². The smallest absolute Gasteiger partial charge is 0.238 e. The maximum absolute atomic E-state index is 11.6. The van der Waals surface area contributed by atoms with Gasteiger partial charge in [-0.25, -0.2) is 23.5 Å². The van der Waals surface area contributed by atoms with Crippen LogP contribution in [0.25, 0.3) is 0 Å². The van der Waals surface area contributed by atoms with Gasteiger partial charge in [0.2, 0.25) is 10.0 Å². The molecule has 27 heavy (non-hydrogen) atoms. The number of nitrogens with one attached hydrogen (secondary N) is 1. The molecule has 0 aliphatic carbocycles. The van der Waals surface area contributed by atoms with Crippen molar-refractivity contribution in [3.63, 3.8) is 0 Å². The zero-order valence-electron chi connectivity index (χ0n) is 15.5. The van der Waals surface area contributed by atoms with Crippen molar-refractivity contribution in [3.05, 3.63) is 41.7 Å². The van der Waals surface area contributed by atoms with Crippen LogP contribution in [-0.2, 0) is 23.0 Å². The van der Waals surface area contributed by atoms with Crippen LogP contribution in [0, 0.1) is 5.92 Å². The van der Waals surface area contributed by atoms with Crippen molar-refractivity contribution in [2.75, 3.05) is 23.4 Å². The van der Waals surface area contributed by atoms with E-state index in [1.807, 2.05) is 26.0 Å². The Hall–Kier alpha value is -2.23. The molecule has 0 radical (unpaired) electrons. The average molecular weight is 391 g/mol. The fraction of sp³-hybridized carbons (Fsp3) is 0.444. The van der Waals surface area contributed by atoms with E-state index in [1.54, 1.807) is 12.1 Å². The number of hydrogen-bond acceptors (Lipinski definition) is 7. The van der Waals surface area contributed by atoms with E-state index >= 15 is 0 Å². The molecule has 0 saturated heterocycles. The van der Waals surface area contributed by atoms with Crippen LogP contribution >= 0.6 is 0 Å². The highest BCUT2D eigenvalue weighted by atomic mass is 32.2. The summed E-state index contributed by atoms with van der Waals surface area (Å²) in [5, 5.41) is 18.0. The fourth-order valence-electron chi connectivity index (χ4n) is 3.12. The standard InChI is InChI=1S/C18H25N5O3S/c1-12(2)16(10-24)22-17-8-18(21-11-20-17)23-6-5-13-3-4-15(27(19,25)26)7-14(13)9-23/h3-4,7-8,11-12,16,24H,5-6,9-10H2,1-2H3,(H2,19,25,26)(H,20,21,22)/t16-/m0/s1. The fourth-order valence-corrected chi connectivity index (χ4v) is 3.68. The quantitative estimate of drug-likeness (QED) is 0.674. The third-order valence-corrected chi connectivity index (χ3v) is 5.74. The number of sulfonamides is 1. The number of fused-ring (bicyclic) bond motifs is 1. The van der Waals surface area contributed by atoms with Crippen molar-refractivity contribution in [2.24, 2.45) is 11.1 Å². The second kappa shape index (κ2) is 7.79. The highest BCUT2D eigenvalue weighted by molar-refractivity contribution is 7.89. The van der Waals surface area contributed by atoms with Crippen molar-refractivity contribution in [1.82, 2.24) is 9.97 Å². The average Bonchev–Trinajstić information content (AvgIpc) is 2.64. The van der Waals surface area contributed by atoms with Crippen molar-refractivity contribution in [3.8, 4) is 0 Å². The molecule has 1 aliphatic heterocycles. The number of aromatic nitrogens is 2. The Kier molecular flexibility index (Phi) is 5.64. The molecule has 1 aromatic carbocycles. The van der Waals surface area contributed by atoms with Crippen molar-refractivity contribution in [1.29, 1.82) is 0 Å². The normalized spacial score (nSPS) is 15.5. The molecule has 0 spiro atoms. The highest BCUT2D eigenvalue weighted by Gasteiger charge is 2.21. The van der Waals surface area contributed by atoms with Crippen molar-refractivity contribution < 1.29 is 13.5 Å². The van der Waals surface area contributed by atoms with Gasteiger partial charge in [0.05, 0.1) is 17.5 Å². The molecular weight excluding hydrogens is 366 g/mol. The number of aliphatic hydroxyl groups excluding tert-OH is 1. The van der Waals surface area contributed by atoms with Gasteiger partial charge in [0.25, 0.3) is 0 Å². The van der Waals surface area contributed by atoms with Crippen LogP contribution in [-0.4, -0.2) is 42.7 Å². The monoisotopic (exact) mass is 391 g/mol. The summed E-state index contributed by atoms with van der Waals surface area (Å²) in [6.07, 6.45) is 2.28. The number of benzene rings is 1. The molecule has 1 atom stereocenters. The van der Waals surface area contributed by atoms with Crippen molar-refractivity contribution in [2.45, 2.75) is 37.8 Å². The number of rotatable bonds is 6. The Morgan fingerprint density at radius 3 is 2.70 bits per heavy atom. The maximum atomic E-state index is 11.6. The summed E-state index contributed by atoms with van der Waals surface area (Å²) in [6.45, 7) is 5.39. The third kappa shape index (κ3) is 4.55. The van der Waals surface area contributed by atoms with Gasteiger partial charge in [0, 0.05) is 19.2 Å². The van der Waals surface area contributed by atoms with Gasteiger partial charge in [-0.2, -0.15) is 0 Å². The molecule has 1 aliphatic rings. The number of aliphatic hydroxyl groups is 1. The molecule has 1 aromatic heterocycles. The first-order valence-corrected chi connectivity index (χ1v) is 10.4. The van der Waals surface area contributed by atoms with E-state index in [2.05, 4.69) is 20.2 Å². The maximum Gasteiger partial charge on any atom is 0.238 e. The molecule has 146 valence electrons. The largest absolute Gasteiger partial charge is 0.394 e. The number of nitrogens with two attached hydrogens (primary N) is 1. The van der Waals surface area contributed by atoms with E-state index in [-0.39, 0.29) is 23.5 Å². The summed E-state index contributed by atoms with van der Waals surface area (Å²) in [6, 6.07) is 6.77. The van der Waals surface area contributed by atoms with E-state index in [0.29, 0.717) is 12.4 Å². The topological polar surface area (TPSA) is 121 Å². The van der Waals surface area contributed by atoms with Gasteiger partial charge in [-0.1, -0.05) is 19.9 Å². The Morgan fingerprint density at radius 2 is 2.04 bits per heavy atom. The number of hydrogen-bond donors (Lipinski definition) is 3. The van der Waals surface area contributed by atoms with Crippen LogP contribution in [0.5, 0.6) is 0 Å². The van der Waals surface area contributed by atoms with Crippen LogP contribution in [0.4, 0.5) is 11.6 Å². The molecule has 4 N–H and O–H groups in total. The van der Waals surface area contributed by atoms with Gasteiger partial charge in [-0.05, 0) is 35.6 Å². The van der Waals surface area contributed by atoms with Gasteiger partial charge >= 0.3 is 0 Å².